The lowest BCUT2D eigenvalue weighted by Gasteiger charge is -2.26. The molecule has 4 nitrogen and oxygen atoms in total. The van der Waals surface area contributed by atoms with Gasteiger partial charge in [0.1, 0.15) is 5.82 Å². The van der Waals surface area contributed by atoms with Crippen LogP contribution in [0, 0.1) is 11.2 Å². The van der Waals surface area contributed by atoms with Crippen molar-refractivity contribution in [2.45, 2.75) is 33.1 Å². The largest absolute Gasteiger partial charge is 0.480 e. The van der Waals surface area contributed by atoms with Crippen molar-refractivity contribution in [3.63, 3.8) is 0 Å². The normalized spacial score (nSPS) is 13.6. The van der Waals surface area contributed by atoms with Crippen LogP contribution in [-0.2, 0) is 20.7 Å². The van der Waals surface area contributed by atoms with Crippen LogP contribution >= 0.6 is 0 Å². The van der Waals surface area contributed by atoms with E-state index in [1.54, 1.807) is 6.92 Å². The quantitative estimate of drug-likeness (QED) is 0.617. The zero-order valence-corrected chi connectivity index (χ0v) is 11.7. The van der Waals surface area contributed by atoms with Crippen LogP contribution in [-0.4, -0.2) is 23.7 Å². The highest BCUT2D eigenvalue weighted by molar-refractivity contribution is 5.99. The molecule has 0 fully saturated rings. The lowest BCUT2D eigenvalue weighted by atomic mass is 9.78. The summed E-state index contributed by atoms with van der Waals surface area (Å²) in [6, 6.07) is 5.47. The second-order valence-electron chi connectivity index (χ2n) is 4.66. The summed E-state index contributed by atoms with van der Waals surface area (Å²) in [6.07, 6.45) is 0.708. The Kier molecular flexibility index (Phi) is 5.67. The Morgan fingerprint density at radius 1 is 1.25 bits per heavy atom. The molecule has 0 aliphatic rings. The van der Waals surface area contributed by atoms with E-state index >= 15 is 0 Å². The molecular formula is C15H19FO4. The second-order valence-corrected chi connectivity index (χ2v) is 4.66. The number of carbonyl (C=O) groups excluding carboxylic acids is 1. The van der Waals surface area contributed by atoms with Crippen molar-refractivity contribution in [1.82, 2.24) is 0 Å². The zero-order valence-electron chi connectivity index (χ0n) is 11.7. The Bertz CT molecular complexity index is 469. The fourth-order valence-electron chi connectivity index (χ4n) is 2.18. The first-order chi connectivity index (χ1) is 9.46. The van der Waals surface area contributed by atoms with Crippen LogP contribution < -0.4 is 0 Å². The summed E-state index contributed by atoms with van der Waals surface area (Å²) in [5.41, 5.74) is -1.02. The van der Waals surface area contributed by atoms with Crippen LogP contribution in [0.3, 0.4) is 0 Å². The standard InChI is InChI=1S/C15H19FO4/c1-3-9-15(13(17)18,14(19)20-4-2)10-11-5-7-12(16)8-6-11/h5-8H,3-4,9-10H2,1-2H3,(H,17,18). The molecule has 1 rings (SSSR count). The molecule has 5 heteroatoms. The number of ether oxygens (including phenoxy) is 1. The molecule has 1 atom stereocenters. The number of rotatable bonds is 7. The molecule has 0 aromatic heterocycles. The number of halogens is 1. The van der Waals surface area contributed by atoms with Crippen LogP contribution in [0.25, 0.3) is 0 Å². The molecule has 0 bridgehead atoms. The molecule has 0 spiro atoms. The van der Waals surface area contributed by atoms with E-state index in [1.807, 2.05) is 6.92 Å². The number of benzene rings is 1. The minimum Gasteiger partial charge on any atom is -0.480 e. The summed E-state index contributed by atoms with van der Waals surface area (Å²) in [5.74, 6) is -2.35. The molecule has 110 valence electrons. The predicted molar refractivity (Wildman–Crippen MR) is 71.7 cm³/mol. The Labute approximate surface area is 117 Å². The zero-order chi connectivity index (χ0) is 15.2. The van der Waals surface area contributed by atoms with E-state index < -0.39 is 23.2 Å². The Morgan fingerprint density at radius 2 is 1.85 bits per heavy atom. The third kappa shape index (κ3) is 3.56. The summed E-state index contributed by atoms with van der Waals surface area (Å²) >= 11 is 0. The smallest absolute Gasteiger partial charge is 0.323 e. The van der Waals surface area contributed by atoms with Gasteiger partial charge in [0, 0.05) is 0 Å². The van der Waals surface area contributed by atoms with Gasteiger partial charge in [-0.2, -0.15) is 0 Å². The SMILES string of the molecule is CCCC(Cc1ccc(F)cc1)(C(=O)O)C(=O)OCC. The first-order valence-electron chi connectivity index (χ1n) is 6.61. The second kappa shape index (κ2) is 7.03. The molecule has 0 saturated heterocycles. The molecule has 1 unspecified atom stereocenters. The lowest BCUT2D eigenvalue weighted by Crippen LogP contribution is -2.42. The summed E-state index contributed by atoms with van der Waals surface area (Å²) in [4.78, 5) is 23.7. The first kappa shape index (κ1) is 16.1. The van der Waals surface area contributed by atoms with Crippen molar-refractivity contribution in [3.8, 4) is 0 Å². The maximum Gasteiger partial charge on any atom is 0.323 e. The third-order valence-corrected chi connectivity index (χ3v) is 3.17. The summed E-state index contributed by atoms with van der Waals surface area (Å²) in [6.45, 7) is 3.57. The first-order valence-corrected chi connectivity index (χ1v) is 6.61. The number of hydrogen-bond donors (Lipinski definition) is 1. The van der Waals surface area contributed by atoms with E-state index in [0.29, 0.717) is 12.0 Å². The van der Waals surface area contributed by atoms with Crippen molar-refractivity contribution in [2.75, 3.05) is 6.61 Å². The van der Waals surface area contributed by atoms with E-state index in [-0.39, 0.29) is 19.4 Å². The number of esters is 1. The average Bonchev–Trinajstić information content (AvgIpc) is 2.40. The molecule has 0 amide bonds. The number of carbonyl (C=O) groups is 2. The number of carboxylic acid groups (broad SMARTS) is 1. The van der Waals surface area contributed by atoms with Crippen LogP contribution in [0.4, 0.5) is 4.39 Å². The van der Waals surface area contributed by atoms with Gasteiger partial charge in [0.05, 0.1) is 6.61 Å². The fourth-order valence-corrected chi connectivity index (χ4v) is 2.18. The number of carboxylic acids is 1. The summed E-state index contributed by atoms with van der Waals surface area (Å²) < 4.78 is 17.8. The molecule has 1 N–H and O–H groups in total. The van der Waals surface area contributed by atoms with Crippen LogP contribution in [0.1, 0.15) is 32.3 Å². The van der Waals surface area contributed by atoms with E-state index in [0.717, 1.165) is 0 Å². The van der Waals surface area contributed by atoms with Crippen molar-refractivity contribution in [1.29, 1.82) is 0 Å². The fraction of sp³-hybridized carbons (Fsp3) is 0.467. The van der Waals surface area contributed by atoms with Gasteiger partial charge in [0.25, 0.3) is 0 Å². The van der Waals surface area contributed by atoms with Gasteiger partial charge in [-0.25, -0.2) is 4.39 Å². The predicted octanol–water partition coefficient (Wildman–Crippen LogP) is 2.80. The van der Waals surface area contributed by atoms with Gasteiger partial charge in [-0.15, -0.1) is 0 Å². The minimum atomic E-state index is -1.61. The number of hydrogen-bond acceptors (Lipinski definition) is 3. The molecule has 20 heavy (non-hydrogen) atoms. The Morgan fingerprint density at radius 3 is 2.30 bits per heavy atom. The minimum absolute atomic E-state index is 0.00468. The van der Waals surface area contributed by atoms with Crippen molar-refractivity contribution in [3.05, 3.63) is 35.6 Å². The van der Waals surface area contributed by atoms with Gasteiger partial charge in [-0.05, 0) is 37.5 Å². The maximum absolute atomic E-state index is 12.9. The van der Waals surface area contributed by atoms with Gasteiger partial charge in [0.15, 0.2) is 5.41 Å². The van der Waals surface area contributed by atoms with Crippen LogP contribution in [0.5, 0.6) is 0 Å². The molecule has 0 radical (unpaired) electrons. The third-order valence-electron chi connectivity index (χ3n) is 3.17. The maximum atomic E-state index is 12.9. The molecule has 1 aromatic carbocycles. The van der Waals surface area contributed by atoms with Crippen molar-refractivity contribution >= 4 is 11.9 Å². The molecule has 0 saturated carbocycles. The van der Waals surface area contributed by atoms with E-state index in [2.05, 4.69) is 0 Å². The van der Waals surface area contributed by atoms with Crippen LogP contribution in [0.15, 0.2) is 24.3 Å². The monoisotopic (exact) mass is 282 g/mol. The van der Waals surface area contributed by atoms with E-state index in [1.165, 1.54) is 24.3 Å². The molecular weight excluding hydrogens is 263 g/mol. The molecule has 0 heterocycles. The molecule has 0 aliphatic carbocycles. The number of aliphatic carboxylic acids is 1. The van der Waals surface area contributed by atoms with Gasteiger partial charge in [0.2, 0.25) is 0 Å². The lowest BCUT2D eigenvalue weighted by molar-refractivity contribution is -0.169. The Hall–Kier alpha value is -1.91. The van der Waals surface area contributed by atoms with E-state index in [4.69, 9.17) is 4.74 Å². The summed E-state index contributed by atoms with van der Waals surface area (Å²) in [7, 11) is 0. The highest BCUT2D eigenvalue weighted by Crippen LogP contribution is 2.31. The average molecular weight is 282 g/mol. The summed E-state index contributed by atoms with van der Waals surface area (Å²) in [5, 5.41) is 9.49. The van der Waals surface area contributed by atoms with Crippen molar-refractivity contribution < 1.29 is 23.8 Å². The van der Waals surface area contributed by atoms with Gasteiger partial charge in [-0.1, -0.05) is 25.5 Å². The van der Waals surface area contributed by atoms with Gasteiger partial charge >= 0.3 is 11.9 Å². The van der Waals surface area contributed by atoms with Gasteiger partial charge < -0.3 is 9.84 Å². The van der Waals surface area contributed by atoms with Crippen molar-refractivity contribution in [2.24, 2.45) is 5.41 Å². The highest BCUT2D eigenvalue weighted by Gasteiger charge is 2.46. The van der Waals surface area contributed by atoms with Gasteiger partial charge in [-0.3, -0.25) is 9.59 Å². The molecule has 0 aliphatic heterocycles. The topological polar surface area (TPSA) is 63.6 Å². The van der Waals surface area contributed by atoms with Crippen LogP contribution in [0.2, 0.25) is 0 Å². The highest BCUT2D eigenvalue weighted by atomic mass is 19.1. The molecule has 1 aromatic rings. The van der Waals surface area contributed by atoms with E-state index in [9.17, 15) is 19.1 Å². The Balaban J connectivity index is 3.11.